The van der Waals surface area contributed by atoms with Gasteiger partial charge >= 0.3 is 0 Å². The molecular weight excluding hydrogens is 276 g/mol. The van der Waals surface area contributed by atoms with Crippen molar-refractivity contribution in [3.63, 3.8) is 0 Å². The molecule has 2 aliphatic carbocycles. The van der Waals surface area contributed by atoms with Crippen LogP contribution < -0.4 is 5.32 Å². The zero-order chi connectivity index (χ0) is 14.6. The molecule has 6 heteroatoms. The Morgan fingerprint density at radius 3 is 2.70 bits per heavy atom. The first-order valence-corrected chi connectivity index (χ1v) is 9.23. The van der Waals surface area contributed by atoms with E-state index in [1.807, 2.05) is 0 Å². The molecule has 1 saturated carbocycles. The molecule has 0 aliphatic heterocycles. The van der Waals surface area contributed by atoms with Gasteiger partial charge in [-0.25, -0.2) is 8.42 Å². The van der Waals surface area contributed by atoms with E-state index in [2.05, 4.69) is 11.4 Å². The zero-order valence-corrected chi connectivity index (χ0v) is 12.9. The quantitative estimate of drug-likeness (QED) is 0.723. The predicted molar refractivity (Wildman–Crippen MR) is 78.7 cm³/mol. The second-order valence-electron chi connectivity index (χ2n) is 5.75. The van der Waals surface area contributed by atoms with Gasteiger partial charge in [-0.3, -0.25) is 4.79 Å². The van der Waals surface area contributed by atoms with Gasteiger partial charge in [-0.05, 0) is 44.9 Å². The summed E-state index contributed by atoms with van der Waals surface area (Å²) < 4.78 is 24.5. The lowest BCUT2D eigenvalue weighted by molar-refractivity contribution is -0.121. The molecule has 0 saturated heterocycles. The lowest BCUT2D eigenvalue weighted by Crippen LogP contribution is -2.41. The Balaban J connectivity index is 1.73. The molecule has 0 radical (unpaired) electrons. The van der Waals surface area contributed by atoms with Gasteiger partial charge in [0.25, 0.3) is 0 Å². The van der Waals surface area contributed by atoms with Crippen LogP contribution in [0.25, 0.3) is 0 Å². The Morgan fingerprint density at radius 2 is 2.15 bits per heavy atom. The van der Waals surface area contributed by atoms with Crippen molar-refractivity contribution in [3.8, 4) is 0 Å². The van der Waals surface area contributed by atoms with Crippen molar-refractivity contribution >= 4 is 15.9 Å². The van der Waals surface area contributed by atoms with Crippen molar-refractivity contribution in [2.75, 3.05) is 19.3 Å². The fourth-order valence-corrected chi connectivity index (χ4v) is 3.68. The van der Waals surface area contributed by atoms with Crippen LogP contribution in [0.3, 0.4) is 0 Å². The van der Waals surface area contributed by atoms with Crippen LogP contribution in [-0.2, 0) is 14.8 Å². The van der Waals surface area contributed by atoms with Gasteiger partial charge in [-0.1, -0.05) is 11.6 Å². The first kappa shape index (κ1) is 15.5. The molecule has 0 aromatic heterocycles. The molecule has 0 atom stereocenters. The summed E-state index contributed by atoms with van der Waals surface area (Å²) in [5.41, 5.74) is 1.42. The number of sulfonamides is 1. The number of nitrogens with zero attached hydrogens (tertiary/aromatic N) is 1. The van der Waals surface area contributed by atoms with E-state index in [0.717, 1.165) is 32.1 Å². The van der Waals surface area contributed by atoms with Crippen LogP contribution in [0.15, 0.2) is 11.6 Å². The highest BCUT2D eigenvalue weighted by molar-refractivity contribution is 7.88. The molecule has 114 valence electrons. The van der Waals surface area contributed by atoms with Gasteiger partial charge < -0.3 is 5.32 Å². The van der Waals surface area contributed by atoms with Crippen LogP contribution in [0.5, 0.6) is 0 Å². The van der Waals surface area contributed by atoms with Crippen LogP contribution in [0.1, 0.15) is 44.9 Å². The van der Waals surface area contributed by atoms with Gasteiger partial charge in [0.2, 0.25) is 15.9 Å². The summed E-state index contributed by atoms with van der Waals surface area (Å²) >= 11 is 0. The summed E-state index contributed by atoms with van der Waals surface area (Å²) in [6, 6.07) is 0.0387. The average Bonchev–Trinajstić information content (AvgIpc) is 3.20. The number of carbonyl (C=O) groups excluding carboxylic acids is 1. The highest BCUT2D eigenvalue weighted by Crippen LogP contribution is 2.28. The Bertz CT molecular complexity index is 481. The fourth-order valence-electron chi connectivity index (χ4n) is 2.57. The van der Waals surface area contributed by atoms with Crippen LogP contribution in [-0.4, -0.2) is 44.0 Å². The molecule has 1 N–H and O–H groups in total. The van der Waals surface area contributed by atoms with Crippen LogP contribution in [0, 0.1) is 0 Å². The van der Waals surface area contributed by atoms with Crippen LogP contribution >= 0.6 is 0 Å². The lowest BCUT2D eigenvalue weighted by Gasteiger charge is -2.19. The maximum absolute atomic E-state index is 11.8. The topological polar surface area (TPSA) is 66.5 Å². The van der Waals surface area contributed by atoms with Gasteiger partial charge in [-0.15, -0.1) is 0 Å². The normalized spacial score (nSPS) is 19.8. The van der Waals surface area contributed by atoms with E-state index in [1.54, 1.807) is 0 Å². The second-order valence-corrected chi connectivity index (χ2v) is 7.68. The van der Waals surface area contributed by atoms with E-state index in [-0.39, 0.29) is 18.5 Å². The highest BCUT2D eigenvalue weighted by Gasteiger charge is 2.36. The summed E-state index contributed by atoms with van der Waals surface area (Å²) in [7, 11) is -3.28. The minimum absolute atomic E-state index is 0.0387. The number of amides is 1. The van der Waals surface area contributed by atoms with Gasteiger partial charge in [0.15, 0.2) is 0 Å². The first-order chi connectivity index (χ1) is 9.47. The summed E-state index contributed by atoms with van der Waals surface area (Å²) in [5, 5.41) is 2.83. The van der Waals surface area contributed by atoms with Crippen molar-refractivity contribution in [3.05, 3.63) is 11.6 Å². The lowest BCUT2D eigenvalue weighted by atomic mass is 9.97. The monoisotopic (exact) mass is 300 g/mol. The van der Waals surface area contributed by atoms with Gasteiger partial charge in [0.05, 0.1) is 12.8 Å². The number of carbonyl (C=O) groups is 1. The van der Waals surface area contributed by atoms with E-state index in [4.69, 9.17) is 0 Å². The third kappa shape index (κ3) is 4.90. The standard InChI is InChI=1S/C14H24N2O3S/c1-20(18,19)16(13-7-8-13)11-14(17)15-10-9-12-5-3-2-4-6-12/h5,13H,2-4,6-11H2,1H3,(H,15,17). The molecule has 20 heavy (non-hydrogen) atoms. The molecular formula is C14H24N2O3S. The van der Waals surface area contributed by atoms with E-state index in [1.165, 1.54) is 29.0 Å². The number of hydrogen-bond acceptors (Lipinski definition) is 3. The first-order valence-electron chi connectivity index (χ1n) is 7.38. The molecule has 0 aromatic carbocycles. The van der Waals surface area contributed by atoms with E-state index < -0.39 is 10.0 Å². The third-order valence-corrected chi connectivity index (χ3v) is 5.11. The van der Waals surface area contributed by atoms with Crippen LogP contribution in [0.2, 0.25) is 0 Å². The van der Waals surface area contributed by atoms with E-state index in [9.17, 15) is 13.2 Å². The number of allylic oxidation sites excluding steroid dienone is 1. The van der Waals surface area contributed by atoms with Gasteiger partial charge in [0, 0.05) is 12.6 Å². The Kier molecular flexibility index (Phi) is 5.21. The molecule has 1 amide bonds. The largest absolute Gasteiger partial charge is 0.355 e. The Labute approximate surface area is 121 Å². The second kappa shape index (κ2) is 6.72. The van der Waals surface area contributed by atoms with Crippen molar-refractivity contribution < 1.29 is 13.2 Å². The van der Waals surface area contributed by atoms with Crippen molar-refractivity contribution in [1.82, 2.24) is 9.62 Å². The molecule has 5 nitrogen and oxygen atoms in total. The maximum atomic E-state index is 11.8. The zero-order valence-electron chi connectivity index (χ0n) is 12.1. The molecule has 0 bridgehead atoms. The molecule has 0 aromatic rings. The minimum atomic E-state index is -3.28. The summed E-state index contributed by atoms with van der Waals surface area (Å²) in [4.78, 5) is 11.8. The van der Waals surface area contributed by atoms with Gasteiger partial charge in [-0.2, -0.15) is 4.31 Å². The predicted octanol–water partition coefficient (Wildman–Crippen LogP) is 1.42. The minimum Gasteiger partial charge on any atom is -0.355 e. The maximum Gasteiger partial charge on any atom is 0.235 e. The Morgan fingerprint density at radius 1 is 1.40 bits per heavy atom. The molecule has 1 fully saturated rings. The number of rotatable bonds is 7. The van der Waals surface area contributed by atoms with Gasteiger partial charge in [0.1, 0.15) is 0 Å². The smallest absolute Gasteiger partial charge is 0.235 e. The summed E-state index contributed by atoms with van der Waals surface area (Å²) in [6.45, 7) is 0.565. The highest BCUT2D eigenvalue weighted by atomic mass is 32.2. The van der Waals surface area contributed by atoms with E-state index >= 15 is 0 Å². The molecule has 0 heterocycles. The number of nitrogens with one attached hydrogen (secondary N) is 1. The van der Waals surface area contributed by atoms with Crippen molar-refractivity contribution in [2.45, 2.75) is 51.0 Å². The third-order valence-electron chi connectivity index (χ3n) is 3.83. The fraction of sp³-hybridized carbons (Fsp3) is 0.786. The number of hydrogen-bond donors (Lipinski definition) is 1. The summed E-state index contributed by atoms with van der Waals surface area (Å²) in [5.74, 6) is -0.196. The van der Waals surface area contributed by atoms with E-state index in [0.29, 0.717) is 6.54 Å². The van der Waals surface area contributed by atoms with Crippen molar-refractivity contribution in [1.29, 1.82) is 0 Å². The summed E-state index contributed by atoms with van der Waals surface area (Å²) in [6.07, 6.45) is 10.8. The Hall–Kier alpha value is -0.880. The molecule has 2 aliphatic rings. The van der Waals surface area contributed by atoms with Crippen molar-refractivity contribution in [2.24, 2.45) is 0 Å². The molecule has 0 spiro atoms. The van der Waals surface area contributed by atoms with Crippen LogP contribution in [0.4, 0.5) is 0 Å². The molecule has 2 rings (SSSR count). The SMILES string of the molecule is CS(=O)(=O)N(CC(=O)NCCC1=CCCCC1)C1CC1. The molecule has 0 unspecified atom stereocenters. The average molecular weight is 300 g/mol.